The van der Waals surface area contributed by atoms with E-state index in [1.54, 1.807) is 42.1 Å². The largest absolute Gasteiger partial charge is 0.351 e. The first-order chi connectivity index (χ1) is 14.1. The zero-order chi connectivity index (χ0) is 22.1. The standard InChI is InChI=1S/C20H17Cl5N2O2S/c1-30-5-4-26-18(28)14-9-13(2-3-15(14)23)27-19(29)17-16(20(17,24)25)10-6-11(21)8-12(22)7-10/h2-3,6-9,16-17H,4-5H2,1H3,(H,26,28)(H,27,29)/t16-,17+/m0/s1. The number of carbonyl (C=O) groups is 2. The summed E-state index contributed by atoms with van der Waals surface area (Å²) in [7, 11) is 0. The normalized spacial score (nSPS) is 19.3. The Labute approximate surface area is 203 Å². The lowest BCUT2D eigenvalue weighted by Crippen LogP contribution is -2.26. The first-order valence-corrected chi connectivity index (χ1v) is 12.1. The number of amides is 2. The van der Waals surface area contributed by atoms with Crippen molar-refractivity contribution < 1.29 is 9.59 Å². The summed E-state index contributed by atoms with van der Waals surface area (Å²) in [4.78, 5) is 25.2. The number of anilines is 1. The molecule has 2 amide bonds. The lowest BCUT2D eigenvalue weighted by molar-refractivity contribution is -0.117. The highest BCUT2D eigenvalue weighted by Gasteiger charge is 2.67. The fourth-order valence-electron chi connectivity index (χ4n) is 3.18. The molecule has 0 saturated heterocycles. The minimum Gasteiger partial charge on any atom is -0.351 e. The average Bonchev–Trinajstić information content (AvgIpc) is 3.25. The van der Waals surface area contributed by atoms with E-state index in [0.29, 0.717) is 27.8 Å². The Morgan fingerprint density at radius 3 is 2.37 bits per heavy atom. The van der Waals surface area contributed by atoms with Crippen LogP contribution in [-0.4, -0.2) is 34.7 Å². The summed E-state index contributed by atoms with van der Waals surface area (Å²) in [6.45, 7) is 0.514. The maximum Gasteiger partial charge on any atom is 0.252 e. The van der Waals surface area contributed by atoms with Crippen LogP contribution in [0.4, 0.5) is 5.69 Å². The third-order valence-electron chi connectivity index (χ3n) is 4.65. The Morgan fingerprint density at radius 2 is 1.73 bits per heavy atom. The zero-order valence-electron chi connectivity index (χ0n) is 15.6. The van der Waals surface area contributed by atoms with E-state index in [1.807, 2.05) is 6.26 Å². The zero-order valence-corrected chi connectivity index (χ0v) is 20.2. The molecule has 0 aliphatic heterocycles. The molecule has 0 bridgehead atoms. The van der Waals surface area contributed by atoms with E-state index in [1.165, 1.54) is 6.07 Å². The van der Waals surface area contributed by atoms with Crippen molar-refractivity contribution in [2.24, 2.45) is 5.92 Å². The minimum atomic E-state index is -1.29. The van der Waals surface area contributed by atoms with E-state index in [0.717, 1.165) is 5.75 Å². The van der Waals surface area contributed by atoms with E-state index < -0.39 is 16.2 Å². The van der Waals surface area contributed by atoms with Gasteiger partial charge in [-0.05, 0) is 48.2 Å². The predicted molar refractivity (Wildman–Crippen MR) is 128 cm³/mol. The fraction of sp³-hybridized carbons (Fsp3) is 0.300. The third kappa shape index (κ3) is 5.32. The number of hydrogen-bond donors (Lipinski definition) is 2. The number of carbonyl (C=O) groups excluding carboxylic acids is 2. The molecule has 2 N–H and O–H groups in total. The van der Waals surface area contributed by atoms with Crippen molar-refractivity contribution in [3.8, 4) is 0 Å². The second kappa shape index (κ2) is 9.76. The van der Waals surface area contributed by atoms with Crippen LogP contribution in [0.3, 0.4) is 0 Å². The lowest BCUT2D eigenvalue weighted by atomic mass is 10.1. The maximum absolute atomic E-state index is 12.8. The quantitative estimate of drug-likeness (QED) is 0.330. The molecular formula is C20H17Cl5N2O2S. The van der Waals surface area contributed by atoms with Crippen molar-refractivity contribution >= 4 is 87.3 Å². The molecular weight excluding hydrogens is 510 g/mol. The van der Waals surface area contributed by atoms with Crippen molar-refractivity contribution in [2.45, 2.75) is 10.3 Å². The Hall–Kier alpha value is -0.820. The second-order valence-electron chi connectivity index (χ2n) is 6.77. The highest BCUT2D eigenvalue weighted by atomic mass is 35.5. The van der Waals surface area contributed by atoms with E-state index in [4.69, 9.17) is 58.0 Å². The summed E-state index contributed by atoms with van der Waals surface area (Å²) >= 11 is 32.6. The molecule has 160 valence electrons. The number of benzene rings is 2. The van der Waals surface area contributed by atoms with Crippen LogP contribution in [0.2, 0.25) is 15.1 Å². The Bertz CT molecular complexity index is 965. The van der Waals surface area contributed by atoms with Gasteiger partial charge in [0.2, 0.25) is 5.91 Å². The summed E-state index contributed by atoms with van der Waals surface area (Å²) in [6, 6.07) is 9.64. The Kier molecular flexibility index (Phi) is 7.76. The van der Waals surface area contributed by atoms with E-state index in [-0.39, 0.29) is 22.4 Å². The van der Waals surface area contributed by atoms with Gasteiger partial charge in [-0.3, -0.25) is 9.59 Å². The lowest BCUT2D eigenvalue weighted by Gasteiger charge is -2.10. The van der Waals surface area contributed by atoms with Crippen LogP contribution in [0.1, 0.15) is 21.8 Å². The Morgan fingerprint density at radius 1 is 1.07 bits per heavy atom. The molecule has 3 rings (SSSR count). The van der Waals surface area contributed by atoms with Gasteiger partial charge in [-0.25, -0.2) is 0 Å². The smallest absolute Gasteiger partial charge is 0.252 e. The summed E-state index contributed by atoms with van der Waals surface area (Å²) < 4.78 is -1.29. The van der Waals surface area contributed by atoms with E-state index >= 15 is 0 Å². The van der Waals surface area contributed by atoms with Crippen molar-refractivity contribution in [3.05, 3.63) is 62.6 Å². The van der Waals surface area contributed by atoms with Crippen molar-refractivity contribution in [1.29, 1.82) is 0 Å². The number of thioether (sulfide) groups is 1. The van der Waals surface area contributed by atoms with Gasteiger partial charge >= 0.3 is 0 Å². The first kappa shape index (κ1) is 23.8. The molecule has 1 saturated carbocycles. The van der Waals surface area contributed by atoms with Crippen LogP contribution in [0, 0.1) is 5.92 Å². The molecule has 0 heterocycles. The summed E-state index contributed by atoms with van der Waals surface area (Å²) in [5, 5.41) is 6.70. The molecule has 0 spiro atoms. The first-order valence-electron chi connectivity index (χ1n) is 8.86. The molecule has 2 aromatic carbocycles. The van der Waals surface area contributed by atoms with E-state index in [2.05, 4.69) is 10.6 Å². The molecule has 1 aliphatic rings. The molecule has 0 aromatic heterocycles. The van der Waals surface area contributed by atoms with E-state index in [9.17, 15) is 9.59 Å². The average molecular weight is 527 g/mol. The van der Waals surface area contributed by atoms with Gasteiger partial charge in [0.05, 0.1) is 16.5 Å². The summed E-state index contributed by atoms with van der Waals surface area (Å²) in [5.41, 5.74) is 1.37. The fourth-order valence-corrected chi connectivity index (χ4v) is 5.06. The number of halogens is 5. The molecule has 0 unspecified atom stereocenters. The third-order valence-corrected chi connectivity index (χ3v) is 6.97. The van der Waals surface area contributed by atoms with Crippen LogP contribution in [0.25, 0.3) is 0 Å². The monoisotopic (exact) mass is 524 g/mol. The van der Waals surface area contributed by atoms with Crippen molar-refractivity contribution in [2.75, 3.05) is 23.9 Å². The molecule has 0 radical (unpaired) electrons. The molecule has 4 nitrogen and oxygen atoms in total. The van der Waals surface area contributed by atoms with Crippen LogP contribution < -0.4 is 10.6 Å². The molecule has 1 fully saturated rings. The van der Waals surface area contributed by atoms with Gasteiger partial charge in [-0.1, -0.05) is 34.8 Å². The molecule has 2 aromatic rings. The number of alkyl halides is 2. The second-order valence-corrected chi connectivity index (χ2v) is 10.5. The minimum absolute atomic E-state index is 0.271. The number of rotatable bonds is 7. The van der Waals surface area contributed by atoms with Gasteiger partial charge in [0.25, 0.3) is 5.91 Å². The number of nitrogens with one attached hydrogen (secondary N) is 2. The van der Waals surface area contributed by atoms with Gasteiger partial charge in [0.1, 0.15) is 4.33 Å². The Balaban J connectivity index is 1.74. The van der Waals surface area contributed by atoms with Crippen LogP contribution in [0.15, 0.2) is 36.4 Å². The summed E-state index contributed by atoms with van der Waals surface area (Å²) in [5.74, 6) is -1.07. The van der Waals surface area contributed by atoms with Crippen LogP contribution in [0.5, 0.6) is 0 Å². The van der Waals surface area contributed by atoms with Gasteiger partial charge in [0, 0.05) is 33.9 Å². The highest BCUT2D eigenvalue weighted by Crippen LogP contribution is 2.65. The molecule has 30 heavy (non-hydrogen) atoms. The summed E-state index contributed by atoms with van der Waals surface area (Å²) in [6.07, 6.45) is 1.95. The van der Waals surface area contributed by atoms with Gasteiger partial charge in [-0.15, -0.1) is 23.2 Å². The molecule has 1 aliphatic carbocycles. The van der Waals surface area contributed by atoms with Crippen molar-refractivity contribution in [1.82, 2.24) is 5.32 Å². The predicted octanol–water partition coefficient (Wildman–Crippen LogP) is 6.27. The van der Waals surface area contributed by atoms with Gasteiger partial charge in [-0.2, -0.15) is 11.8 Å². The molecule has 2 atom stereocenters. The van der Waals surface area contributed by atoms with Crippen LogP contribution in [-0.2, 0) is 4.79 Å². The van der Waals surface area contributed by atoms with Crippen LogP contribution >= 0.6 is 69.8 Å². The highest BCUT2D eigenvalue weighted by molar-refractivity contribution is 7.98. The van der Waals surface area contributed by atoms with Gasteiger partial charge in [0.15, 0.2) is 0 Å². The maximum atomic E-state index is 12.8. The SMILES string of the molecule is CSCCNC(=O)c1cc(NC(=O)[C@H]2[C@H](c3cc(Cl)cc(Cl)c3)C2(Cl)Cl)ccc1Cl. The van der Waals surface area contributed by atoms with Crippen molar-refractivity contribution in [3.63, 3.8) is 0 Å². The molecule has 10 heteroatoms. The topological polar surface area (TPSA) is 58.2 Å². The number of hydrogen-bond acceptors (Lipinski definition) is 3. The van der Waals surface area contributed by atoms with Gasteiger partial charge < -0.3 is 10.6 Å².